The zero-order chi connectivity index (χ0) is 24.5. The van der Waals surface area contributed by atoms with Gasteiger partial charge >= 0.3 is 0 Å². The predicted octanol–water partition coefficient (Wildman–Crippen LogP) is 7.42. The molecule has 2 nitrogen and oxygen atoms in total. The fourth-order valence-electron chi connectivity index (χ4n) is 5.20. The highest BCUT2D eigenvalue weighted by atomic mass is 16.3. The van der Waals surface area contributed by atoms with Crippen molar-refractivity contribution in [3.05, 3.63) is 166 Å². The van der Waals surface area contributed by atoms with E-state index in [2.05, 4.69) is 78.9 Å². The van der Waals surface area contributed by atoms with Gasteiger partial charge in [-0.25, -0.2) is 0 Å². The van der Waals surface area contributed by atoms with E-state index in [9.17, 15) is 10.2 Å². The zero-order valence-corrected chi connectivity index (χ0v) is 19.8. The molecule has 0 saturated carbocycles. The molecule has 0 radical (unpaired) electrons. The number of hydrogen-bond acceptors (Lipinski definition) is 2. The van der Waals surface area contributed by atoms with Gasteiger partial charge in [0.15, 0.2) is 0 Å². The van der Waals surface area contributed by atoms with Crippen molar-refractivity contribution in [2.45, 2.75) is 12.2 Å². The lowest BCUT2D eigenvalue weighted by Crippen LogP contribution is -2.18. The second kappa shape index (κ2) is 9.43. The topological polar surface area (TPSA) is 40.5 Å². The van der Waals surface area contributed by atoms with Crippen LogP contribution < -0.4 is 0 Å². The third-order valence-corrected chi connectivity index (χ3v) is 7.00. The Morgan fingerprint density at radius 3 is 1.64 bits per heavy atom. The van der Waals surface area contributed by atoms with E-state index < -0.39 is 12.2 Å². The molecule has 2 heteroatoms. The zero-order valence-electron chi connectivity index (χ0n) is 19.8. The summed E-state index contributed by atoms with van der Waals surface area (Å²) in [5.41, 5.74) is 9.62. The lowest BCUT2D eigenvalue weighted by molar-refractivity contribution is 0.174. The number of hydrogen-bond donors (Lipinski definition) is 2. The van der Waals surface area contributed by atoms with E-state index in [4.69, 9.17) is 0 Å². The Balaban J connectivity index is 1.40. The molecular formula is C34H26O2. The minimum Gasteiger partial charge on any atom is -0.384 e. The summed E-state index contributed by atoms with van der Waals surface area (Å²) in [7, 11) is 0. The van der Waals surface area contributed by atoms with Gasteiger partial charge in [0, 0.05) is 0 Å². The van der Waals surface area contributed by atoms with Crippen LogP contribution in [0.4, 0.5) is 0 Å². The van der Waals surface area contributed by atoms with Crippen LogP contribution in [0.25, 0.3) is 22.8 Å². The maximum absolute atomic E-state index is 11.3. The normalized spacial score (nSPS) is 16.1. The lowest BCUT2D eigenvalue weighted by atomic mass is 9.78. The Kier molecular flexibility index (Phi) is 5.82. The van der Waals surface area contributed by atoms with Crippen LogP contribution in [0.5, 0.6) is 0 Å². The average Bonchev–Trinajstić information content (AvgIpc) is 2.95. The van der Waals surface area contributed by atoms with E-state index in [0.29, 0.717) is 0 Å². The van der Waals surface area contributed by atoms with Crippen molar-refractivity contribution in [2.75, 3.05) is 0 Å². The van der Waals surface area contributed by atoms with Gasteiger partial charge in [0.05, 0.1) is 0 Å². The molecule has 0 aromatic heterocycles. The highest BCUT2D eigenvalue weighted by molar-refractivity contribution is 5.91. The average molecular weight is 467 g/mol. The first-order chi connectivity index (χ1) is 17.7. The van der Waals surface area contributed by atoms with E-state index >= 15 is 0 Å². The molecule has 5 aromatic rings. The standard InChI is InChI=1S/C34H26O2/c35-33-28-14-7-8-15-29(28)34(36)32-27(16-9-17-30(32)33)26-20-18-23(19-21-26)22-31(24-10-3-1-4-11-24)25-12-5-2-6-13-25/h1-22,33-36H. The molecule has 1 aliphatic carbocycles. The van der Waals surface area contributed by atoms with Crippen LogP contribution in [-0.4, -0.2) is 10.2 Å². The second-order valence-electron chi connectivity index (χ2n) is 9.15. The lowest BCUT2D eigenvalue weighted by Gasteiger charge is -2.30. The molecule has 2 atom stereocenters. The number of rotatable bonds is 4. The van der Waals surface area contributed by atoms with Crippen LogP contribution in [0.15, 0.2) is 127 Å². The molecule has 0 amide bonds. The maximum atomic E-state index is 11.3. The highest BCUT2D eigenvalue weighted by Gasteiger charge is 2.31. The molecule has 1 aliphatic rings. The predicted molar refractivity (Wildman–Crippen MR) is 146 cm³/mol. The smallest absolute Gasteiger partial charge is 0.105 e. The van der Waals surface area contributed by atoms with Crippen LogP contribution in [-0.2, 0) is 0 Å². The Hall–Kier alpha value is -4.24. The molecule has 5 aromatic carbocycles. The Bertz CT molecular complexity index is 1490. The van der Waals surface area contributed by atoms with Gasteiger partial charge in [-0.2, -0.15) is 0 Å². The van der Waals surface area contributed by atoms with Gasteiger partial charge in [-0.05, 0) is 61.7 Å². The van der Waals surface area contributed by atoms with Gasteiger partial charge in [-0.3, -0.25) is 0 Å². The molecule has 0 aliphatic heterocycles. The second-order valence-corrected chi connectivity index (χ2v) is 9.15. The van der Waals surface area contributed by atoms with Crippen molar-refractivity contribution in [1.82, 2.24) is 0 Å². The van der Waals surface area contributed by atoms with Crippen molar-refractivity contribution in [2.24, 2.45) is 0 Å². The fourth-order valence-corrected chi connectivity index (χ4v) is 5.20. The summed E-state index contributed by atoms with van der Waals surface area (Å²) in [5, 5.41) is 22.3. The Labute approximate surface area is 211 Å². The summed E-state index contributed by atoms with van der Waals surface area (Å²) in [4.78, 5) is 0. The van der Waals surface area contributed by atoms with Crippen molar-refractivity contribution in [3.63, 3.8) is 0 Å². The summed E-state index contributed by atoms with van der Waals surface area (Å²) < 4.78 is 0. The molecule has 0 heterocycles. The van der Waals surface area contributed by atoms with Gasteiger partial charge in [0.2, 0.25) is 0 Å². The van der Waals surface area contributed by atoms with Gasteiger partial charge in [0.25, 0.3) is 0 Å². The Morgan fingerprint density at radius 2 is 1.03 bits per heavy atom. The molecule has 36 heavy (non-hydrogen) atoms. The molecule has 6 rings (SSSR count). The summed E-state index contributed by atoms with van der Waals surface area (Å²) in [6, 6.07) is 42.7. The molecule has 0 bridgehead atoms. The van der Waals surface area contributed by atoms with E-state index in [-0.39, 0.29) is 0 Å². The quantitative estimate of drug-likeness (QED) is 0.271. The van der Waals surface area contributed by atoms with Gasteiger partial charge in [-0.1, -0.05) is 127 Å². The van der Waals surface area contributed by atoms with Crippen molar-refractivity contribution in [1.29, 1.82) is 0 Å². The minimum absolute atomic E-state index is 0.749. The summed E-state index contributed by atoms with van der Waals surface area (Å²) in [6.45, 7) is 0. The number of fused-ring (bicyclic) bond motifs is 2. The third kappa shape index (κ3) is 3.97. The van der Waals surface area contributed by atoms with Crippen molar-refractivity contribution in [3.8, 4) is 11.1 Å². The minimum atomic E-state index is -0.780. The maximum Gasteiger partial charge on any atom is 0.105 e. The first-order valence-electron chi connectivity index (χ1n) is 12.2. The summed E-state index contributed by atoms with van der Waals surface area (Å²) >= 11 is 0. The highest BCUT2D eigenvalue weighted by Crippen LogP contribution is 2.44. The molecule has 2 unspecified atom stereocenters. The SMILES string of the molecule is OC1c2ccccc2C(O)c2c(-c3ccc(C=C(c4ccccc4)c4ccccc4)cc3)cccc21. The molecule has 0 spiro atoms. The van der Waals surface area contributed by atoms with Crippen LogP contribution >= 0.6 is 0 Å². The van der Waals surface area contributed by atoms with E-state index in [1.54, 1.807) is 0 Å². The van der Waals surface area contributed by atoms with Crippen molar-refractivity contribution >= 4 is 11.6 Å². The summed E-state index contributed by atoms with van der Waals surface area (Å²) in [6.07, 6.45) is 0.684. The number of aliphatic hydroxyl groups is 2. The number of aliphatic hydroxyl groups excluding tert-OH is 2. The largest absolute Gasteiger partial charge is 0.384 e. The molecular weight excluding hydrogens is 440 g/mol. The van der Waals surface area contributed by atoms with Crippen LogP contribution in [0.2, 0.25) is 0 Å². The first-order valence-corrected chi connectivity index (χ1v) is 12.2. The molecule has 174 valence electrons. The Morgan fingerprint density at radius 1 is 0.500 bits per heavy atom. The van der Waals surface area contributed by atoms with Crippen LogP contribution in [0.3, 0.4) is 0 Å². The fraction of sp³-hybridized carbons (Fsp3) is 0.0588. The molecule has 0 saturated heterocycles. The monoisotopic (exact) mass is 466 g/mol. The van der Waals surface area contributed by atoms with Gasteiger partial charge < -0.3 is 10.2 Å². The first kappa shape index (κ1) is 22.2. The van der Waals surface area contributed by atoms with Crippen LogP contribution in [0, 0.1) is 0 Å². The van der Waals surface area contributed by atoms with Gasteiger partial charge in [-0.15, -0.1) is 0 Å². The molecule has 0 fully saturated rings. The van der Waals surface area contributed by atoms with E-state index in [0.717, 1.165) is 44.5 Å². The number of benzene rings is 5. The van der Waals surface area contributed by atoms with Crippen LogP contribution in [0.1, 0.15) is 51.2 Å². The molecule has 2 N–H and O–H groups in total. The van der Waals surface area contributed by atoms with E-state index in [1.165, 1.54) is 11.1 Å². The van der Waals surface area contributed by atoms with Gasteiger partial charge in [0.1, 0.15) is 12.2 Å². The van der Waals surface area contributed by atoms with E-state index in [1.807, 2.05) is 54.6 Å². The third-order valence-electron chi connectivity index (χ3n) is 7.00. The van der Waals surface area contributed by atoms with Crippen molar-refractivity contribution < 1.29 is 10.2 Å². The summed E-state index contributed by atoms with van der Waals surface area (Å²) in [5.74, 6) is 0.